The number of ketones is 1. The molecule has 0 fully saturated rings. The third-order valence-corrected chi connectivity index (χ3v) is 9.76. The normalized spacial score (nSPS) is 19.5. The number of carbonyl (C=O) groups is 1. The van der Waals surface area contributed by atoms with Crippen LogP contribution in [-0.4, -0.2) is 26.7 Å². The number of benzene rings is 1. The lowest BCUT2D eigenvalue weighted by atomic mass is 10.00. The minimum absolute atomic E-state index is 0.210. The molecule has 1 aliphatic rings. The van der Waals surface area contributed by atoms with E-state index < -0.39 is 8.32 Å². The summed E-state index contributed by atoms with van der Waals surface area (Å²) in [7, 11) is -1.75. The van der Waals surface area contributed by atoms with Gasteiger partial charge >= 0.3 is 0 Å². The minimum atomic E-state index is -1.75. The van der Waals surface area contributed by atoms with E-state index in [1.54, 1.807) is 0 Å². The summed E-state index contributed by atoms with van der Waals surface area (Å²) in [4.78, 5) is 12.4. The van der Waals surface area contributed by atoms with Crippen LogP contribution in [-0.2, 0) is 15.6 Å². The van der Waals surface area contributed by atoms with Crippen molar-refractivity contribution in [3.8, 4) is 0 Å². The van der Waals surface area contributed by atoms with Crippen molar-refractivity contribution in [2.75, 3.05) is 6.61 Å². The molecule has 0 radical (unpaired) electrons. The monoisotopic (exact) mass is 345 g/mol. The molecule has 1 atom stereocenters. The summed E-state index contributed by atoms with van der Waals surface area (Å²) in [5.41, 5.74) is 2.05. The van der Waals surface area contributed by atoms with Crippen LogP contribution in [0.3, 0.4) is 0 Å². The van der Waals surface area contributed by atoms with Crippen LogP contribution in [0.15, 0.2) is 42.1 Å². The first kappa shape index (κ1) is 18.9. The Morgan fingerprint density at radius 2 is 1.88 bits per heavy atom. The molecule has 1 aromatic rings. The highest BCUT2D eigenvalue weighted by atomic mass is 28.4. The summed E-state index contributed by atoms with van der Waals surface area (Å²) >= 11 is 0. The summed E-state index contributed by atoms with van der Waals surface area (Å²) in [5, 5.41) is 3.63. The van der Waals surface area contributed by atoms with Gasteiger partial charge in [0.15, 0.2) is 14.1 Å². The summed E-state index contributed by atoms with van der Waals surface area (Å²) in [6.07, 6.45) is 4.05. The Balaban J connectivity index is 1.96. The third-order valence-electron chi connectivity index (χ3n) is 5.26. The smallest absolute Gasteiger partial charge is 0.192 e. The van der Waals surface area contributed by atoms with E-state index >= 15 is 0 Å². The zero-order valence-electron chi connectivity index (χ0n) is 15.7. The van der Waals surface area contributed by atoms with Crippen LogP contribution < -0.4 is 5.32 Å². The standard InChI is InChI=1S/C20H31NO2Si/c1-20(2,3)24(4,5)23-15-18-11-12-19(22)17(14-21-18)13-16-9-7-6-8-10-16/h6-10,14,18,21H,11-13,15H2,1-5H3/t18-/m0/s1. The largest absolute Gasteiger partial charge is 0.415 e. The van der Waals surface area contributed by atoms with Crippen LogP contribution >= 0.6 is 0 Å². The molecule has 0 spiro atoms. The molecule has 1 N–H and O–H groups in total. The number of nitrogens with one attached hydrogen (secondary N) is 1. The minimum Gasteiger partial charge on any atom is -0.415 e. The van der Waals surface area contributed by atoms with Crippen molar-refractivity contribution in [1.82, 2.24) is 5.32 Å². The van der Waals surface area contributed by atoms with Crippen molar-refractivity contribution < 1.29 is 9.22 Å². The average Bonchev–Trinajstić information content (AvgIpc) is 2.68. The summed E-state index contributed by atoms with van der Waals surface area (Å²) in [6.45, 7) is 12.0. The lowest BCUT2D eigenvalue weighted by molar-refractivity contribution is -0.115. The van der Waals surface area contributed by atoms with E-state index in [1.807, 2.05) is 24.4 Å². The van der Waals surface area contributed by atoms with E-state index in [0.29, 0.717) is 19.4 Å². The first-order chi connectivity index (χ1) is 11.2. The van der Waals surface area contributed by atoms with E-state index in [1.165, 1.54) is 5.56 Å². The number of carbonyl (C=O) groups excluding carboxylic acids is 1. The molecule has 0 aromatic heterocycles. The second kappa shape index (κ2) is 7.66. The Morgan fingerprint density at radius 1 is 1.21 bits per heavy atom. The Morgan fingerprint density at radius 3 is 2.50 bits per heavy atom. The molecular weight excluding hydrogens is 314 g/mol. The fourth-order valence-electron chi connectivity index (χ4n) is 2.47. The molecule has 0 aliphatic carbocycles. The SMILES string of the molecule is CC(C)(C)[Si](C)(C)OC[C@@H]1CCC(=O)C(Cc2ccccc2)=CN1. The van der Waals surface area contributed by atoms with Crippen LogP contribution in [0.25, 0.3) is 0 Å². The predicted octanol–water partition coefficient (Wildman–Crippen LogP) is 4.46. The lowest BCUT2D eigenvalue weighted by Gasteiger charge is -2.37. The first-order valence-corrected chi connectivity index (χ1v) is 11.8. The predicted molar refractivity (Wildman–Crippen MR) is 103 cm³/mol. The molecule has 24 heavy (non-hydrogen) atoms. The Bertz CT molecular complexity index is 587. The second-order valence-electron chi connectivity index (χ2n) is 8.23. The quantitative estimate of drug-likeness (QED) is 0.801. The highest BCUT2D eigenvalue weighted by molar-refractivity contribution is 6.74. The molecule has 0 amide bonds. The molecule has 3 nitrogen and oxygen atoms in total. The van der Waals surface area contributed by atoms with Gasteiger partial charge in [0.25, 0.3) is 0 Å². The van der Waals surface area contributed by atoms with Gasteiger partial charge in [0.1, 0.15) is 0 Å². The summed E-state index contributed by atoms with van der Waals surface area (Å²) < 4.78 is 6.31. The van der Waals surface area contributed by atoms with Crippen LogP contribution in [0.4, 0.5) is 0 Å². The molecule has 0 saturated carbocycles. The van der Waals surface area contributed by atoms with Crippen LogP contribution in [0.1, 0.15) is 39.2 Å². The zero-order valence-corrected chi connectivity index (χ0v) is 16.7. The molecule has 0 saturated heterocycles. The number of allylic oxidation sites excluding steroid dienone is 1. The van der Waals surface area contributed by atoms with Gasteiger partial charge in [-0.05, 0) is 30.1 Å². The Kier molecular flexibility index (Phi) is 6.05. The molecular formula is C20H31NO2Si. The molecule has 4 heteroatoms. The van der Waals surface area contributed by atoms with Gasteiger partial charge in [0.2, 0.25) is 0 Å². The molecule has 1 aliphatic heterocycles. The van der Waals surface area contributed by atoms with E-state index in [9.17, 15) is 4.79 Å². The lowest BCUT2D eigenvalue weighted by Crippen LogP contribution is -2.44. The van der Waals surface area contributed by atoms with Crippen molar-refractivity contribution in [2.45, 2.75) is 64.2 Å². The maximum Gasteiger partial charge on any atom is 0.192 e. The molecule has 0 unspecified atom stereocenters. The van der Waals surface area contributed by atoms with E-state index in [2.05, 4.69) is 51.3 Å². The number of rotatable bonds is 5. The molecule has 132 valence electrons. The maximum absolute atomic E-state index is 12.4. The van der Waals surface area contributed by atoms with Crippen molar-refractivity contribution in [1.29, 1.82) is 0 Å². The van der Waals surface area contributed by atoms with Crippen molar-refractivity contribution in [3.05, 3.63) is 47.7 Å². The second-order valence-corrected chi connectivity index (χ2v) is 13.0. The fourth-order valence-corrected chi connectivity index (χ4v) is 3.52. The molecule has 1 aromatic carbocycles. The summed E-state index contributed by atoms with van der Waals surface area (Å²) in [5.74, 6) is 0.251. The van der Waals surface area contributed by atoms with Crippen molar-refractivity contribution >= 4 is 14.1 Å². The third kappa shape index (κ3) is 5.05. The zero-order chi connectivity index (χ0) is 17.8. The highest BCUT2D eigenvalue weighted by Crippen LogP contribution is 2.36. The van der Waals surface area contributed by atoms with E-state index in [0.717, 1.165) is 12.0 Å². The number of Topliss-reactive ketones (excluding diaryl/α,β-unsaturated/α-hetero) is 1. The topological polar surface area (TPSA) is 38.3 Å². The molecule has 1 heterocycles. The van der Waals surface area contributed by atoms with Gasteiger partial charge in [-0.1, -0.05) is 51.1 Å². The van der Waals surface area contributed by atoms with Crippen LogP contribution in [0, 0.1) is 0 Å². The van der Waals surface area contributed by atoms with Crippen molar-refractivity contribution in [2.24, 2.45) is 0 Å². The van der Waals surface area contributed by atoms with Gasteiger partial charge in [-0.15, -0.1) is 0 Å². The van der Waals surface area contributed by atoms with Crippen molar-refractivity contribution in [3.63, 3.8) is 0 Å². The summed E-state index contributed by atoms with van der Waals surface area (Å²) in [6, 6.07) is 10.4. The number of hydrogen-bond acceptors (Lipinski definition) is 3. The average molecular weight is 346 g/mol. The van der Waals surface area contributed by atoms with E-state index in [-0.39, 0.29) is 16.9 Å². The van der Waals surface area contributed by atoms with Gasteiger partial charge in [0.05, 0.1) is 6.61 Å². The Hall–Kier alpha value is -1.39. The number of hydrogen-bond donors (Lipinski definition) is 1. The van der Waals surface area contributed by atoms with E-state index in [4.69, 9.17) is 4.43 Å². The van der Waals surface area contributed by atoms with Gasteiger partial charge in [-0.3, -0.25) is 4.79 Å². The van der Waals surface area contributed by atoms with Gasteiger partial charge in [-0.25, -0.2) is 0 Å². The molecule has 2 rings (SSSR count). The van der Waals surface area contributed by atoms with Gasteiger partial charge in [-0.2, -0.15) is 0 Å². The fraction of sp³-hybridized carbons (Fsp3) is 0.550. The highest BCUT2D eigenvalue weighted by Gasteiger charge is 2.37. The molecule has 0 bridgehead atoms. The maximum atomic E-state index is 12.4. The van der Waals surface area contributed by atoms with Gasteiger partial charge in [0, 0.05) is 30.7 Å². The Labute approximate surface area is 147 Å². The van der Waals surface area contributed by atoms with Crippen LogP contribution in [0.2, 0.25) is 18.1 Å². The van der Waals surface area contributed by atoms with Crippen LogP contribution in [0.5, 0.6) is 0 Å². The first-order valence-electron chi connectivity index (χ1n) is 8.85. The van der Waals surface area contributed by atoms with Gasteiger partial charge < -0.3 is 9.74 Å².